The summed E-state index contributed by atoms with van der Waals surface area (Å²) in [4.78, 5) is 9.87. The van der Waals surface area contributed by atoms with E-state index < -0.39 is 0 Å². The molecular formula is C14H18N2O2S. The van der Waals surface area contributed by atoms with Gasteiger partial charge in [0, 0.05) is 22.0 Å². The molecule has 0 aromatic carbocycles. The van der Waals surface area contributed by atoms with Gasteiger partial charge in [0.2, 0.25) is 5.88 Å². The van der Waals surface area contributed by atoms with E-state index in [1.165, 1.54) is 11.3 Å². The Labute approximate surface area is 117 Å². The van der Waals surface area contributed by atoms with Gasteiger partial charge in [-0.2, -0.15) is 0 Å². The smallest absolute Gasteiger partial charge is 0.240 e. The largest absolute Gasteiger partial charge is 0.479 e. The third-order valence-electron chi connectivity index (χ3n) is 2.68. The molecule has 0 saturated carbocycles. The van der Waals surface area contributed by atoms with Gasteiger partial charge in [0.15, 0.2) is 0 Å². The van der Waals surface area contributed by atoms with Gasteiger partial charge in [0.25, 0.3) is 0 Å². The highest BCUT2D eigenvalue weighted by atomic mass is 32.1. The van der Waals surface area contributed by atoms with Crippen LogP contribution in [0.5, 0.6) is 5.88 Å². The van der Waals surface area contributed by atoms with Gasteiger partial charge in [-0.15, -0.1) is 11.3 Å². The minimum absolute atomic E-state index is 0.0475. The third-order valence-corrected chi connectivity index (χ3v) is 3.61. The third kappa shape index (κ3) is 3.30. The molecule has 0 bridgehead atoms. The minimum Gasteiger partial charge on any atom is -0.479 e. The first-order chi connectivity index (χ1) is 9.13. The van der Waals surface area contributed by atoms with E-state index in [-0.39, 0.29) is 6.61 Å². The van der Waals surface area contributed by atoms with Crippen LogP contribution in [0.3, 0.4) is 0 Å². The summed E-state index contributed by atoms with van der Waals surface area (Å²) in [7, 11) is 1.60. The van der Waals surface area contributed by atoms with E-state index in [4.69, 9.17) is 9.84 Å². The van der Waals surface area contributed by atoms with Crippen molar-refractivity contribution < 1.29 is 9.84 Å². The van der Waals surface area contributed by atoms with Crippen LogP contribution in [0.15, 0.2) is 17.6 Å². The molecule has 2 rings (SSSR count). The van der Waals surface area contributed by atoms with E-state index in [1.807, 2.05) is 11.4 Å². The second-order valence-electron chi connectivity index (χ2n) is 4.78. The summed E-state index contributed by atoms with van der Waals surface area (Å²) in [5.41, 5.74) is 2.61. The molecule has 4 nitrogen and oxygen atoms in total. The average Bonchev–Trinajstić information content (AvgIpc) is 2.86. The van der Waals surface area contributed by atoms with Crippen LogP contribution in [-0.2, 0) is 13.0 Å². The van der Waals surface area contributed by atoms with Crippen molar-refractivity contribution in [1.29, 1.82) is 0 Å². The summed E-state index contributed by atoms with van der Waals surface area (Å²) in [6.07, 6.45) is 2.68. The van der Waals surface area contributed by atoms with Crippen LogP contribution in [0.25, 0.3) is 11.3 Å². The number of thiophene rings is 1. The molecule has 2 aromatic rings. The Morgan fingerprint density at radius 3 is 2.79 bits per heavy atom. The first-order valence-electron chi connectivity index (χ1n) is 6.22. The van der Waals surface area contributed by atoms with E-state index in [2.05, 4.69) is 23.8 Å². The number of aliphatic hydroxyl groups is 1. The SMILES string of the molecule is COc1nc(CC(C)C)cnc1-c1csc(CO)c1. The van der Waals surface area contributed by atoms with Crippen molar-refractivity contribution in [2.45, 2.75) is 26.9 Å². The van der Waals surface area contributed by atoms with Crippen molar-refractivity contribution in [2.24, 2.45) is 5.92 Å². The molecule has 102 valence electrons. The predicted molar refractivity (Wildman–Crippen MR) is 76.4 cm³/mol. The molecule has 0 atom stereocenters. The molecular weight excluding hydrogens is 260 g/mol. The zero-order valence-electron chi connectivity index (χ0n) is 11.4. The van der Waals surface area contributed by atoms with Crippen molar-refractivity contribution in [3.63, 3.8) is 0 Å². The first kappa shape index (κ1) is 14.0. The van der Waals surface area contributed by atoms with E-state index in [0.29, 0.717) is 11.8 Å². The summed E-state index contributed by atoms with van der Waals surface area (Å²) in [6.45, 7) is 4.34. The summed E-state index contributed by atoms with van der Waals surface area (Å²) in [5.74, 6) is 1.08. The Hall–Kier alpha value is -1.46. The number of aromatic nitrogens is 2. The van der Waals surface area contributed by atoms with Crippen molar-refractivity contribution in [3.05, 3.63) is 28.2 Å². The van der Waals surface area contributed by atoms with Gasteiger partial charge in [-0.25, -0.2) is 9.97 Å². The maximum atomic E-state index is 9.11. The summed E-state index contributed by atoms with van der Waals surface area (Å²) in [5, 5.41) is 11.1. The van der Waals surface area contributed by atoms with E-state index >= 15 is 0 Å². The van der Waals surface area contributed by atoms with Crippen LogP contribution in [0.1, 0.15) is 24.4 Å². The second-order valence-corrected chi connectivity index (χ2v) is 5.77. The highest BCUT2D eigenvalue weighted by Crippen LogP contribution is 2.30. The number of hydrogen-bond donors (Lipinski definition) is 1. The van der Waals surface area contributed by atoms with Crippen LogP contribution < -0.4 is 4.74 Å². The van der Waals surface area contributed by atoms with E-state index in [1.54, 1.807) is 13.3 Å². The van der Waals surface area contributed by atoms with Gasteiger partial charge >= 0.3 is 0 Å². The number of nitrogens with zero attached hydrogens (tertiary/aromatic N) is 2. The maximum absolute atomic E-state index is 9.11. The molecule has 0 spiro atoms. The van der Waals surface area contributed by atoms with Crippen molar-refractivity contribution in [3.8, 4) is 17.1 Å². The van der Waals surface area contributed by atoms with Gasteiger partial charge in [0.05, 0.1) is 19.4 Å². The van der Waals surface area contributed by atoms with Crippen LogP contribution in [0.4, 0.5) is 0 Å². The van der Waals surface area contributed by atoms with Crippen molar-refractivity contribution >= 4 is 11.3 Å². The molecule has 0 unspecified atom stereocenters. The number of methoxy groups -OCH3 is 1. The van der Waals surface area contributed by atoms with E-state index in [0.717, 1.165) is 28.2 Å². The lowest BCUT2D eigenvalue weighted by Gasteiger charge is -2.09. The molecule has 19 heavy (non-hydrogen) atoms. The Bertz CT molecular complexity index is 552. The topological polar surface area (TPSA) is 55.2 Å². The Balaban J connectivity index is 2.35. The standard InChI is InChI=1S/C14H18N2O2S/c1-9(2)4-11-6-15-13(14(16-11)18-3)10-5-12(7-17)19-8-10/h5-6,8-9,17H,4,7H2,1-3H3. The number of hydrogen-bond acceptors (Lipinski definition) is 5. The lowest BCUT2D eigenvalue weighted by atomic mass is 10.1. The minimum atomic E-state index is 0.0475. The number of ether oxygens (including phenoxy) is 1. The van der Waals surface area contributed by atoms with E-state index in [9.17, 15) is 0 Å². The molecule has 2 aromatic heterocycles. The van der Waals surface area contributed by atoms with Crippen LogP contribution in [0.2, 0.25) is 0 Å². The van der Waals surface area contributed by atoms with Gasteiger partial charge in [-0.1, -0.05) is 13.8 Å². The fourth-order valence-corrected chi connectivity index (χ4v) is 2.58. The number of aliphatic hydroxyl groups excluding tert-OH is 1. The number of rotatable bonds is 5. The molecule has 5 heteroatoms. The molecule has 1 N–H and O–H groups in total. The van der Waals surface area contributed by atoms with Gasteiger partial charge < -0.3 is 9.84 Å². The quantitative estimate of drug-likeness (QED) is 0.913. The molecule has 0 radical (unpaired) electrons. The first-order valence-corrected chi connectivity index (χ1v) is 7.10. The second kappa shape index (κ2) is 6.12. The molecule has 0 fully saturated rings. The fourth-order valence-electron chi connectivity index (χ4n) is 1.85. The molecule has 0 aliphatic rings. The van der Waals surface area contributed by atoms with Gasteiger partial charge in [-0.3, -0.25) is 0 Å². The highest BCUT2D eigenvalue weighted by molar-refractivity contribution is 7.10. The van der Waals surface area contributed by atoms with Gasteiger partial charge in [0.1, 0.15) is 5.69 Å². The molecule has 0 saturated heterocycles. The Morgan fingerprint density at radius 1 is 1.42 bits per heavy atom. The Kier molecular flexibility index (Phi) is 4.50. The van der Waals surface area contributed by atoms with Crippen LogP contribution >= 0.6 is 11.3 Å². The average molecular weight is 278 g/mol. The summed E-state index contributed by atoms with van der Waals surface area (Å²) in [6, 6.07) is 1.92. The highest BCUT2D eigenvalue weighted by Gasteiger charge is 2.13. The predicted octanol–water partition coefficient (Wildman–Crippen LogP) is 2.90. The maximum Gasteiger partial charge on any atom is 0.240 e. The lowest BCUT2D eigenvalue weighted by Crippen LogP contribution is -2.02. The molecule has 2 heterocycles. The summed E-state index contributed by atoms with van der Waals surface area (Å²) >= 11 is 1.51. The van der Waals surface area contributed by atoms with Crippen LogP contribution in [-0.4, -0.2) is 22.2 Å². The summed E-state index contributed by atoms with van der Waals surface area (Å²) < 4.78 is 5.33. The molecule has 0 aliphatic carbocycles. The van der Waals surface area contributed by atoms with Gasteiger partial charge in [-0.05, 0) is 18.4 Å². The molecule has 0 amide bonds. The fraction of sp³-hybridized carbons (Fsp3) is 0.429. The van der Waals surface area contributed by atoms with Crippen molar-refractivity contribution in [1.82, 2.24) is 9.97 Å². The zero-order valence-corrected chi connectivity index (χ0v) is 12.2. The Morgan fingerprint density at radius 2 is 2.21 bits per heavy atom. The monoisotopic (exact) mass is 278 g/mol. The zero-order chi connectivity index (χ0) is 13.8. The van der Waals surface area contributed by atoms with Crippen molar-refractivity contribution in [2.75, 3.05) is 7.11 Å². The molecule has 0 aliphatic heterocycles. The van der Waals surface area contributed by atoms with Crippen LogP contribution in [0, 0.1) is 5.92 Å². The normalized spacial score (nSPS) is 11.0. The lowest BCUT2D eigenvalue weighted by molar-refractivity contribution is 0.285.